The van der Waals surface area contributed by atoms with Gasteiger partial charge in [0, 0.05) is 17.5 Å². The molecule has 1 unspecified atom stereocenters. The van der Waals surface area contributed by atoms with E-state index in [2.05, 4.69) is 26.4 Å². The van der Waals surface area contributed by atoms with Crippen molar-refractivity contribution < 1.29 is 9.32 Å². The number of likely N-dealkylation sites (tertiary alicyclic amines) is 1. The molecular formula is C16H17N5O2S. The Labute approximate surface area is 143 Å². The molecular weight excluding hydrogens is 326 g/mol. The molecule has 0 spiro atoms. The van der Waals surface area contributed by atoms with Crippen LogP contribution in [0.3, 0.4) is 0 Å². The summed E-state index contributed by atoms with van der Waals surface area (Å²) < 4.78 is 5.35. The van der Waals surface area contributed by atoms with Gasteiger partial charge in [-0.05, 0) is 44.4 Å². The molecule has 0 bridgehead atoms. The number of carbonyl (C=O) groups is 1. The summed E-state index contributed by atoms with van der Waals surface area (Å²) in [5, 5.41) is 15.6. The molecule has 1 atom stereocenters. The molecule has 0 radical (unpaired) electrons. The molecule has 1 saturated carbocycles. The smallest absolute Gasteiger partial charge is 0.292 e. The third-order valence-electron chi connectivity index (χ3n) is 4.34. The Balaban J connectivity index is 1.45. The minimum absolute atomic E-state index is 0.0348. The van der Waals surface area contributed by atoms with E-state index in [4.69, 9.17) is 9.78 Å². The predicted octanol–water partition coefficient (Wildman–Crippen LogP) is 2.23. The number of hydrogen-bond acceptors (Lipinski definition) is 7. The second-order valence-electron chi connectivity index (χ2n) is 6.21. The van der Waals surface area contributed by atoms with Crippen LogP contribution in [-0.4, -0.2) is 33.5 Å². The first-order valence-corrected chi connectivity index (χ1v) is 8.92. The maximum atomic E-state index is 12.0. The zero-order valence-corrected chi connectivity index (χ0v) is 13.9. The topological polar surface area (TPSA) is 95.0 Å². The highest BCUT2D eigenvalue weighted by Gasteiger charge is 2.32. The lowest BCUT2D eigenvalue weighted by atomic mass is 10.2. The fourth-order valence-electron chi connectivity index (χ4n) is 2.96. The summed E-state index contributed by atoms with van der Waals surface area (Å²) in [5.41, 5.74) is 0. The fourth-order valence-corrected chi connectivity index (χ4v) is 3.79. The Morgan fingerprint density at radius 1 is 1.46 bits per heavy atom. The van der Waals surface area contributed by atoms with Gasteiger partial charge in [-0.15, -0.1) is 11.3 Å². The van der Waals surface area contributed by atoms with Gasteiger partial charge in [0.2, 0.25) is 5.89 Å². The van der Waals surface area contributed by atoms with E-state index in [1.165, 1.54) is 11.3 Å². The van der Waals surface area contributed by atoms with Crippen LogP contribution in [0.25, 0.3) is 0 Å². The average Bonchev–Trinajstić information content (AvgIpc) is 3.01. The number of nitrogens with zero attached hydrogens (tertiary/aromatic N) is 4. The Hall–Kier alpha value is -2.24. The third kappa shape index (κ3) is 3.18. The molecule has 0 aromatic carbocycles. The number of carbonyl (C=O) groups excluding carboxylic acids is 1. The quantitative estimate of drug-likeness (QED) is 0.894. The van der Waals surface area contributed by atoms with E-state index in [-0.39, 0.29) is 23.8 Å². The van der Waals surface area contributed by atoms with Gasteiger partial charge in [-0.25, -0.2) is 0 Å². The second kappa shape index (κ2) is 6.34. The first-order valence-electron chi connectivity index (χ1n) is 8.10. The first kappa shape index (κ1) is 15.3. The van der Waals surface area contributed by atoms with Gasteiger partial charge in [0.25, 0.3) is 11.7 Å². The van der Waals surface area contributed by atoms with Crippen LogP contribution in [-0.2, 0) is 6.54 Å². The van der Waals surface area contributed by atoms with Crippen molar-refractivity contribution in [1.82, 2.24) is 20.4 Å². The molecule has 1 saturated heterocycles. The summed E-state index contributed by atoms with van der Waals surface area (Å²) in [4.78, 5) is 20.4. The van der Waals surface area contributed by atoms with E-state index >= 15 is 0 Å². The molecule has 2 aliphatic rings. The zero-order valence-electron chi connectivity index (χ0n) is 13.1. The van der Waals surface area contributed by atoms with Crippen molar-refractivity contribution in [2.75, 3.05) is 6.54 Å². The van der Waals surface area contributed by atoms with Crippen LogP contribution in [0.15, 0.2) is 16.7 Å². The Bertz CT molecular complexity index is 788. The highest BCUT2D eigenvalue weighted by atomic mass is 32.1. The van der Waals surface area contributed by atoms with Crippen LogP contribution in [0.4, 0.5) is 0 Å². The largest absolute Gasteiger partial charge is 0.346 e. The number of hydrogen-bond donors (Lipinski definition) is 1. The highest BCUT2D eigenvalue weighted by Crippen LogP contribution is 2.33. The highest BCUT2D eigenvalue weighted by molar-refractivity contribution is 7.12. The predicted molar refractivity (Wildman–Crippen MR) is 86.2 cm³/mol. The molecule has 1 aliphatic heterocycles. The van der Waals surface area contributed by atoms with Gasteiger partial charge >= 0.3 is 0 Å². The Morgan fingerprint density at radius 3 is 3.08 bits per heavy atom. The summed E-state index contributed by atoms with van der Waals surface area (Å²) in [6, 6.07) is 6.31. The van der Waals surface area contributed by atoms with E-state index in [1.54, 1.807) is 0 Å². The van der Waals surface area contributed by atoms with Gasteiger partial charge in [0.15, 0.2) is 0 Å². The van der Waals surface area contributed by atoms with Crippen molar-refractivity contribution in [3.63, 3.8) is 0 Å². The van der Waals surface area contributed by atoms with Crippen LogP contribution in [0, 0.1) is 11.3 Å². The van der Waals surface area contributed by atoms with E-state index in [0.29, 0.717) is 5.89 Å². The lowest BCUT2D eigenvalue weighted by Crippen LogP contribution is -2.26. The summed E-state index contributed by atoms with van der Waals surface area (Å²) in [5.74, 6) is 0.367. The standard InChI is InChI=1S/C16H17N5O2S/c17-8-11-5-6-12(24-11)9-21-7-1-2-13(21)16-19-14(20-23-16)15(22)18-10-3-4-10/h5-6,10,13H,1-4,7,9H2,(H,18,22). The van der Waals surface area contributed by atoms with Gasteiger partial charge in [-0.2, -0.15) is 10.2 Å². The van der Waals surface area contributed by atoms with Gasteiger partial charge in [-0.1, -0.05) is 5.16 Å². The third-order valence-corrected chi connectivity index (χ3v) is 5.31. The first-order chi connectivity index (χ1) is 11.7. The average molecular weight is 343 g/mol. The maximum Gasteiger partial charge on any atom is 0.292 e. The van der Waals surface area contributed by atoms with Crippen molar-refractivity contribution in [3.05, 3.63) is 33.6 Å². The van der Waals surface area contributed by atoms with Crippen LogP contribution in [0.5, 0.6) is 0 Å². The van der Waals surface area contributed by atoms with Crippen molar-refractivity contribution >= 4 is 17.2 Å². The van der Waals surface area contributed by atoms with Crippen LogP contribution in [0.1, 0.15) is 58.0 Å². The summed E-state index contributed by atoms with van der Waals surface area (Å²) >= 11 is 1.51. The van der Waals surface area contributed by atoms with Gasteiger partial charge in [0.1, 0.15) is 10.9 Å². The van der Waals surface area contributed by atoms with Gasteiger partial charge in [0.05, 0.1) is 6.04 Å². The molecule has 2 fully saturated rings. The van der Waals surface area contributed by atoms with E-state index in [9.17, 15) is 4.79 Å². The van der Waals surface area contributed by atoms with Crippen LogP contribution >= 0.6 is 11.3 Å². The number of nitrogens with one attached hydrogen (secondary N) is 1. The van der Waals surface area contributed by atoms with Crippen molar-refractivity contribution in [2.24, 2.45) is 0 Å². The minimum Gasteiger partial charge on any atom is -0.346 e. The van der Waals surface area contributed by atoms with Crippen molar-refractivity contribution in [3.8, 4) is 6.07 Å². The molecule has 2 aromatic heterocycles. The number of aromatic nitrogens is 2. The number of thiophene rings is 1. The lowest BCUT2D eigenvalue weighted by molar-refractivity contribution is 0.0937. The molecule has 4 rings (SSSR count). The molecule has 24 heavy (non-hydrogen) atoms. The maximum absolute atomic E-state index is 12.0. The monoisotopic (exact) mass is 343 g/mol. The van der Waals surface area contributed by atoms with Crippen molar-refractivity contribution in [2.45, 2.75) is 44.3 Å². The molecule has 7 nitrogen and oxygen atoms in total. The molecule has 3 heterocycles. The van der Waals surface area contributed by atoms with Gasteiger partial charge in [-0.3, -0.25) is 9.69 Å². The van der Waals surface area contributed by atoms with E-state index in [0.717, 1.165) is 48.5 Å². The number of rotatable bonds is 5. The fraction of sp³-hybridized carbons (Fsp3) is 0.500. The molecule has 1 aliphatic carbocycles. The Kier molecular flexibility index (Phi) is 4.04. The molecule has 1 N–H and O–H groups in total. The molecule has 1 amide bonds. The van der Waals surface area contributed by atoms with Crippen LogP contribution < -0.4 is 5.32 Å². The Morgan fingerprint density at radius 2 is 2.33 bits per heavy atom. The normalized spacial score (nSPS) is 20.9. The van der Waals surface area contributed by atoms with Crippen LogP contribution in [0.2, 0.25) is 0 Å². The van der Waals surface area contributed by atoms with E-state index < -0.39 is 0 Å². The second-order valence-corrected chi connectivity index (χ2v) is 7.38. The lowest BCUT2D eigenvalue weighted by Gasteiger charge is -2.20. The zero-order chi connectivity index (χ0) is 16.5. The van der Waals surface area contributed by atoms with Gasteiger partial charge < -0.3 is 9.84 Å². The number of amides is 1. The molecule has 2 aromatic rings. The SMILES string of the molecule is N#Cc1ccc(CN2CCCC2c2nc(C(=O)NC3CC3)no2)s1. The molecule has 124 valence electrons. The summed E-state index contributed by atoms with van der Waals surface area (Å²) in [7, 11) is 0. The number of nitriles is 1. The van der Waals surface area contributed by atoms with E-state index in [1.807, 2.05) is 12.1 Å². The van der Waals surface area contributed by atoms with Crippen molar-refractivity contribution in [1.29, 1.82) is 5.26 Å². The minimum atomic E-state index is -0.256. The molecule has 8 heteroatoms. The summed E-state index contributed by atoms with van der Waals surface area (Å²) in [6.07, 6.45) is 4.03. The summed E-state index contributed by atoms with van der Waals surface area (Å²) in [6.45, 7) is 1.69.